The van der Waals surface area contributed by atoms with E-state index in [1.165, 1.54) is 25.0 Å². The first-order valence-electron chi connectivity index (χ1n) is 13.4. The molecule has 1 aliphatic rings. The van der Waals surface area contributed by atoms with Gasteiger partial charge in [0.25, 0.3) is 0 Å². The summed E-state index contributed by atoms with van der Waals surface area (Å²) in [6, 6.07) is 12.5. The molecule has 198 valence electrons. The fourth-order valence-corrected chi connectivity index (χ4v) is 5.04. The van der Waals surface area contributed by atoms with Crippen LogP contribution < -0.4 is 9.47 Å². The first-order valence-corrected chi connectivity index (χ1v) is 13.4. The largest absolute Gasteiger partial charge is 0.493 e. The minimum absolute atomic E-state index is 0.139. The summed E-state index contributed by atoms with van der Waals surface area (Å²) in [6.07, 6.45) is 8.31. The molecule has 0 aromatic heterocycles. The van der Waals surface area contributed by atoms with E-state index in [0.29, 0.717) is 17.9 Å². The van der Waals surface area contributed by atoms with Gasteiger partial charge in [-0.05, 0) is 62.5 Å². The van der Waals surface area contributed by atoms with Crippen LogP contribution in [0.1, 0.15) is 75.5 Å². The highest BCUT2D eigenvalue weighted by Gasteiger charge is 2.33. The highest BCUT2D eigenvalue weighted by molar-refractivity contribution is 5.70. The van der Waals surface area contributed by atoms with E-state index in [-0.39, 0.29) is 23.8 Å². The quantitative estimate of drug-likeness (QED) is 0.213. The molecule has 6 heteroatoms. The summed E-state index contributed by atoms with van der Waals surface area (Å²) in [5.74, 6) is 1.15. The standard InChI is InChI=1S/C30H42FNO4/c1-4-5-6-7-8-12-28(33)36-29(26-10-9-11-27(34-2)30(26)35-3)24-18-21-32(22-19-24)20-17-23-13-15-25(31)16-14-23/h9-11,13-16,24,29H,4-8,12,17-22H2,1-3H3. The molecule has 1 aliphatic heterocycles. The molecule has 0 amide bonds. The molecule has 2 aromatic carbocycles. The van der Waals surface area contributed by atoms with Gasteiger partial charge in [0.05, 0.1) is 14.2 Å². The minimum atomic E-state index is -0.363. The maximum absolute atomic E-state index is 13.2. The van der Waals surface area contributed by atoms with Crippen molar-refractivity contribution in [1.29, 1.82) is 0 Å². The molecule has 0 N–H and O–H groups in total. The summed E-state index contributed by atoms with van der Waals surface area (Å²) in [6.45, 7) is 4.99. The Hall–Kier alpha value is -2.60. The van der Waals surface area contributed by atoms with Crippen LogP contribution in [0.25, 0.3) is 0 Å². The van der Waals surface area contributed by atoms with Gasteiger partial charge in [-0.3, -0.25) is 4.79 Å². The lowest BCUT2D eigenvalue weighted by atomic mass is 9.86. The van der Waals surface area contributed by atoms with E-state index in [0.717, 1.165) is 69.3 Å². The van der Waals surface area contributed by atoms with Crippen molar-refractivity contribution in [3.8, 4) is 11.5 Å². The lowest BCUT2D eigenvalue weighted by molar-refractivity contribution is -0.153. The molecule has 2 aromatic rings. The second-order valence-corrected chi connectivity index (χ2v) is 9.71. The van der Waals surface area contributed by atoms with Gasteiger partial charge < -0.3 is 19.1 Å². The Morgan fingerprint density at radius 2 is 1.72 bits per heavy atom. The fourth-order valence-electron chi connectivity index (χ4n) is 5.04. The predicted octanol–water partition coefficient (Wildman–Crippen LogP) is 6.74. The highest BCUT2D eigenvalue weighted by Crippen LogP contribution is 2.42. The van der Waals surface area contributed by atoms with Gasteiger partial charge in [-0.25, -0.2) is 4.39 Å². The van der Waals surface area contributed by atoms with Crippen LogP contribution in [0.15, 0.2) is 42.5 Å². The summed E-state index contributed by atoms with van der Waals surface area (Å²) in [5.41, 5.74) is 2.02. The molecule has 36 heavy (non-hydrogen) atoms. The first kappa shape index (κ1) is 28.0. The number of halogens is 1. The van der Waals surface area contributed by atoms with E-state index < -0.39 is 0 Å². The van der Waals surface area contributed by atoms with Gasteiger partial charge >= 0.3 is 5.97 Å². The number of carbonyl (C=O) groups is 1. The van der Waals surface area contributed by atoms with Crippen molar-refractivity contribution in [2.45, 2.75) is 70.8 Å². The Balaban J connectivity index is 1.64. The zero-order chi connectivity index (χ0) is 25.8. The molecule has 1 fully saturated rings. The fraction of sp³-hybridized carbons (Fsp3) is 0.567. The van der Waals surface area contributed by atoms with Crippen molar-refractivity contribution in [2.24, 2.45) is 5.92 Å². The summed E-state index contributed by atoms with van der Waals surface area (Å²) < 4.78 is 30.6. The van der Waals surface area contributed by atoms with Crippen molar-refractivity contribution < 1.29 is 23.4 Å². The molecule has 0 spiro atoms. The van der Waals surface area contributed by atoms with Crippen LogP contribution in [0, 0.1) is 11.7 Å². The van der Waals surface area contributed by atoms with Crippen molar-refractivity contribution in [3.63, 3.8) is 0 Å². The minimum Gasteiger partial charge on any atom is -0.493 e. The van der Waals surface area contributed by atoms with Crippen LogP contribution in [-0.2, 0) is 16.0 Å². The molecular weight excluding hydrogens is 457 g/mol. The number of piperidine rings is 1. The van der Waals surface area contributed by atoms with Crippen molar-refractivity contribution >= 4 is 5.97 Å². The number of likely N-dealkylation sites (tertiary alicyclic amines) is 1. The van der Waals surface area contributed by atoms with Gasteiger partial charge in [-0.1, -0.05) is 56.9 Å². The van der Waals surface area contributed by atoms with Crippen LogP contribution in [0.3, 0.4) is 0 Å². The maximum Gasteiger partial charge on any atom is 0.306 e. The van der Waals surface area contributed by atoms with E-state index in [2.05, 4.69) is 11.8 Å². The molecule has 5 nitrogen and oxygen atoms in total. The second-order valence-electron chi connectivity index (χ2n) is 9.71. The van der Waals surface area contributed by atoms with Crippen molar-refractivity contribution in [1.82, 2.24) is 4.90 Å². The van der Waals surface area contributed by atoms with Crippen LogP contribution in [0.2, 0.25) is 0 Å². The van der Waals surface area contributed by atoms with Crippen molar-refractivity contribution in [3.05, 3.63) is 59.4 Å². The maximum atomic E-state index is 13.2. The van der Waals surface area contributed by atoms with Crippen LogP contribution in [-0.4, -0.2) is 44.7 Å². The Morgan fingerprint density at radius 1 is 1.00 bits per heavy atom. The topological polar surface area (TPSA) is 48.0 Å². The lowest BCUT2D eigenvalue weighted by Gasteiger charge is -2.36. The predicted molar refractivity (Wildman–Crippen MR) is 141 cm³/mol. The molecule has 0 bridgehead atoms. The number of unbranched alkanes of at least 4 members (excludes halogenated alkanes) is 4. The SMILES string of the molecule is CCCCCCCC(=O)OC(c1cccc(OC)c1OC)C1CCN(CCc2ccc(F)cc2)CC1. The number of para-hydroxylation sites is 1. The summed E-state index contributed by atoms with van der Waals surface area (Å²) in [4.78, 5) is 15.3. The summed E-state index contributed by atoms with van der Waals surface area (Å²) in [7, 11) is 3.25. The van der Waals surface area contributed by atoms with Gasteiger partial charge in [-0.15, -0.1) is 0 Å². The first-order chi connectivity index (χ1) is 17.5. The number of ether oxygens (including phenoxy) is 3. The summed E-state index contributed by atoms with van der Waals surface area (Å²) >= 11 is 0. The molecule has 1 unspecified atom stereocenters. The Labute approximate surface area is 215 Å². The van der Waals surface area contributed by atoms with Crippen LogP contribution in [0.4, 0.5) is 4.39 Å². The average molecular weight is 500 g/mol. The Bertz CT molecular complexity index is 925. The van der Waals surface area contributed by atoms with E-state index in [1.54, 1.807) is 14.2 Å². The normalized spacial score (nSPS) is 15.4. The molecule has 1 atom stereocenters. The van der Waals surface area contributed by atoms with Crippen LogP contribution >= 0.6 is 0 Å². The number of esters is 1. The zero-order valence-corrected chi connectivity index (χ0v) is 22.1. The summed E-state index contributed by atoms with van der Waals surface area (Å²) in [5, 5.41) is 0. The molecule has 1 heterocycles. The number of carbonyl (C=O) groups excluding carboxylic acids is 1. The van der Waals surface area contributed by atoms with Crippen LogP contribution in [0.5, 0.6) is 11.5 Å². The third-order valence-corrected chi connectivity index (χ3v) is 7.17. The average Bonchev–Trinajstić information content (AvgIpc) is 2.91. The number of hydrogen-bond acceptors (Lipinski definition) is 5. The number of methoxy groups -OCH3 is 2. The van der Waals surface area contributed by atoms with Gasteiger partial charge in [0, 0.05) is 24.4 Å². The second kappa shape index (κ2) is 14.8. The monoisotopic (exact) mass is 499 g/mol. The lowest BCUT2D eigenvalue weighted by Crippen LogP contribution is -2.37. The highest BCUT2D eigenvalue weighted by atomic mass is 19.1. The smallest absolute Gasteiger partial charge is 0.306 e. The molecule has 0 radical (unpaired) electrons. The zero-order valence-electron chi connectivity index (χ0n) is 22.1. The molecule has 1 saturated heterocycles. The molecular formula is C30H42FNO4. The number of benzene rings is 2. The Kier molecular flexibility index (Phi) is 11.5. The molecule has 0 saturated carbocycles. The van der Waals surface area contributed by atoms with Gasteiger partial charge in [0.15, 0.2) is 11.5 Å². The third kappa shape index (κ3) is 8.22. The Morgan fingerprint density at radius 3 is 2.39 bits per heavy atom. The van der Waals surface area contributed by atoms with Gasteiger partial charge in [0.2, 0.25) is 0 Å². The van der Waals surface area contributed by atoms with E-state index in [1.807, 2.05) is 30.3 Å². The van der Waals surface area contributed by atoms with Gasteiger partial charge in [-0.2, -0.15) is 0 Å². The van der Waals surface area contributed by atoms with E-state index in [4.69, 9.17) is 14.2 Å². The number of rotatable bonds is 14. The molecule has 0 aliphatic carbocycles. The number of nitrogens with zero attached hydrogens (tertiary/aromatic N) is 1. The van der Waals surface area contributed by atoms with E-state index in [9.17, 15) is 9.18 Å². The molecule has 3 rings (SSSR count). The van der Waals surface area contributed by atoms with E-state index >= 15 is 0 Å². The number of hydrogen-bond donors (Lipinski definition) is 0. The third-order valence-electron chi connectivity index (χ3n) is 7.17. The van der Waals surface area contributed by atoms with Crippen molar-refractivity contribution in [2.75, 3.05) is 33.9 Å². The van der Waals surface area contributed by atoms with Gasteiger partial charge in [0.1, 0.15) is 11.9 Å².